The molecule has 0 saturated carbocycles. The highest BCUT2D eigenvalue weighted by Crippen LogP contribution is 2.28. The number of ether oxygens (including phenoxy) is 1. The van der Waals surface area contributed by atoms with Crippen molar-refractivity contribution in [1.82, 2.24) is 5.32 Å². The van der Waals surface area contributed by atoms with Crippen molar-refractivity contribution in [3.05, 3.63) is 0 Å². The summed E-state index contributed by atoms with van der Waals surface area (Å²) in [6.45, 7) is 3.64. The maximum absolute atomic E-state index is 12.0. The Kier molecular flexibility index (Phi) is 3.84. The van der Waals surface area contributed by atoms with E-state index in [1.807, 2.05) is 0 Å². The zero-order chi connectivity index (χ0) is 10.8. The van der Waals surface area contributed by atoms with Gasteiger partial charge in [-0.2, -0.15) is 8.78 Å². The number of rotatable bonds is 2. The molecule has 1 aliphatic heterocycles. The van der Waals surface area contributed by atoms with Gasteiger partial charge in [-0.3, -0.25) is 5.32 Å². The lowest BCUT2D eigenvalue weighted by Crippen LogP contribution is -2.50. The molecule has 0 bridgehead atoms. The number of alkyl halides is 2. The third-order valence-electron chi connectivity index (χ3n) is 2.66. The van der Waals surface area contributed by atoms with Gasteiger partial charge in [-0.1, -0.05) is 20.8 Å². The second kappa shape index (κ2) is 4.53. The first-order valence-electron chi connectivity index (χ1n) is 5.09. The molecule has 84 valence electrons. The molecular weight excluding hydrogens is 188 g/mol. The van der Waals surface area contributed by atoms with Gasteiger partial charge in [0.1, 0.15) is 6.23 Å². The van der Waals surface area contributed by atoms with Crippen LogP contribution >= 0.6 is 0 Å². The molecule has 1 rings (SSSR count). The molecule has 14 heavy (non-hydrogen) atoms. The molecule has 2 nitrogen and oxygen atoms in total. The Bertz CT molecular complexity index is 179. The minimum absolute atomic E-state index is 0.101. The van der Waals surface area contributed by atoms with Crippen LogP contribution in [-0.4, -0.2) is 18.9 Å². The molecule has 0 aromatic heterocycles. The van der Waals surface area contributed by atoms with Gasteiger partial charge in [-0.15, -0.1) is 0 Å². The second-order valence-electron chi connectivity index (χ2n) is 4.90. The Morgan fingerprint density at radius 2 is 1.93 bits per heavy atom. The largest absolute Gasteiger partial charge is 0.346 e. The summed E-state index contributed by atoms with van der Waals surface area (Å²) in [6.07, 6.45) is 2.18. The summed E-state index contributed by atoms with van der Waals surface area (Å²) in [6, 6.07) is 0.264. The Balaban J connectivity index is 2.44. The standard InChI is InChI=1S/C10H19F2NO/c1-10(2,3)7-5-4-6-8(13-7)14-9(11)12/h7-9,13H,4-6H2,1-3H3. The monoisotopic (exact) mass is 207 g/mol. The lowest BCUT2D eigenvalue weighted by atomic mass is 9.82. The van der Waals surface area contributed by atoms with Crippen molar-refractivity contribution < 1.29 is 13.5 Å². The molecule has 4 heteroatoms. The fourth-order valence-corrected chi connectivity index (χ4v) is 1.81. The third kappa shape index (κ3) is 3.50. The van der Waals surface area contributed by atoms with Crippen molar-refractivity contribution in [2.24, 2.45) is 5.41 Å². The normalized spacial score (nSPS) is 29.6. The first-order valence-corrected chi connectivity index (χ1v) is 5.09. The van der Waals surface area contributed by atoms with Crippen LogP contribution in [0.4, 0.5) is 8.78 Å². The van der Waals surface area contributed by atoms with Gasteiger partial charge in [0.25, 0.3) is 0 Å². The van der Waals surface area contributed by atoms with Gasteiger partial charge in [-0.25, -0.2) is 0 Å². The average molecular weight is 207 g/mol. The first-order chi connectivity index (χ1) is 6.39. The summed E-state index contributed by atoms with van der Waals surface area (Å²) in [5.41, 5.74) is 0.101. The summed E-state index contributed by atoms with van der Waals surface area (Å²) in [5, 5.41) is 3.12. The summed E-state index contributed by atoms with van der Waals surface area (Å²) in [7, 11) is 0. The quantitative estimate of drug-likeness (QED) is 0.751. The van der Waals surface area contributed by atoms with E-state index in [2.05, 4.69) is 30.8 Å². The van der Waals surface area contributed by atoms with Gasteiger partial charge in [0.15, 0.2) is 0 Å². The van der Waals surface area contributed by atoms with E-state index in [4.69, 9.17) is 0 Å². The highest BCUT2D eigenvalue weighted by atomic mass is 19.3. The Morgan fingerprint density at radius 3 is 2.43 bits per heavy atom. The molecule has 0 aromatic rings. The SMILES string of the molecule is CC(C)(C)C1CCCC(OC(F)F)N1. The molecule has 1 saturated heterocycles. The van der Waals surface area contributed by atoms with E-state index in [-0.39, 0.29) is 11.5 Å². The number of piperidine rings is 1. The number of hydrogen-bond donors (Lipinski definition) is 1. The smallest absolute Gasteiger partial charge is 0.304 e. The first kappa shape index (κ1) is 11.9. The molecule has 1 heterocycles. The Hall–Kier alpha value is -0.220. The highest BCUT2D eigenvalue weighted by Gasteiger charge is 2.31. The molecule has 0 radical (unpaired) electrons. The summed E-state index contributed by atoms with van der Waals surface area (Å²) in [4.78, 5) is 0. The van der Waals surface area contributed by atoms with Crippen molar-refractivity contribution in [2.45, 2.75) is 58.9 Å². The maximum atomic E-state index is 12.0. The van der Waals surface area contributed by atoms with Crippen LogP contribution < -0.4 is 5.32 Å². The van der Waals surface area contributed by atoms with Crippen molar-refractivity contribution in [2.75, 3.05) is 0 Å². The van der Waals surface area contributed by atoms with Crippen LogP contribution in [0.1, 0.15) is 40.0 Å². The molecule has 0 spiro atoms. The highest BCUT2D eigenvalue weighted by molar-refractivity contribution is 4.85. The molecular formula is C10H19F2NO. The third-order valence-corrected chi connectivity index (χ3v) is 2.66. The van der Waals surface area contributed by atoms with E-state index in [1.54, 1.807) is 0 Å². The van der Waals surface area contributed by atoms with Crippen LogP contribution in [0.25, 0.3) is 0 Å². The van der Waals surface area contributed by atoms with Gasteiger partial charge in [-0.05, 0) is 24.7 Å². The van der Waals surface area contributed by atoms with E-state index in [0.29, 0.717) is 6.42 Å². The van der Waals surface area contributed by atoms with Gasteiger partial charge in [0.2, 0.25) is 0 Å². The van der Waals surface area contributed by atoms with Gasteiger partial charge >= 0.3 is 6.61 Å². The van der Waals surface area contributed by atoms with E-state index >= 15 is 0 Å². The predicted octanol–water partition coefficient (Wildman–Crippen LogP) is 2.74. The van der Waals surface area contributed by atoms with Crippen LogP contribution in [0.2, 0.25) is 0 Å². The summed E-state index contributed by atoms with van der Waals surface area (Å²) >= 11 is 0. The van der Waals surface area contributed by atoms with Crippen molar-refractivity contribution in [1.29, 1.82) is 0 Å². The minimum atomic E-state index is -2.67. The van der Waals surface area contributed by atoms with Crippen LogP contribution in [-0.2, 0) is 4.74 Å². The average Bonchev–Trinajstić information content (AvgIpc) is 2.01. The fourth-order valence-electron chi connectivity index (χ4n) is 1.81. The maximum Gasteiger partial charge on any atom is 0.346 e. The minimum Gasteiger partial charge on any atom is -0.304 e. The molecule has 2 unspecified atom stereocenters. The van der Waals surface area contributed by atoms with Crippen molar-refractivity contribution in [3.8, 4) is 0 Å². The van der Waals surface area contributed by atoms with Crippen LogP contribution in [0.5, 0.6) is 0 Å². The predicted molar refractivity (Wildman–Crippen MR) is 51.1 cm³/mol. The summed E-state index contributed by atoms with van der Waals surface area (Å²) in [5.74, 6) is 0. The molecule has 0 aliphatic carbocycles. The zero-order valence-electron chi connectivity index (χ0n) is 9.02. The number of halogens is 2. The molecule has 1 aliphatic rings. The van der Waals surface area contributed by atoms with Crippen LogP contribution in [0.3, 0.4) is 0 Å². The van der Waals surface area contributed by atoms with E-state index in [0.717, 1.165) is 12.8 Å². The molecule has 1 fully saturated rings. The molecule has 1 N–H and O–H groups in total. The van der Waals surface area contributed by atoms with E-state index in [9.17, 15) is 8.78 Å². The molecule has 0 aromatic carbocycles. The lowest BCUT2D eigenvalue weighted by molar-refractivity contribution is -0.182. The van der Waals surface area contributed by atoms with Crippen molar-refractivity contribution in [3.63, 3.8) is 0 Å². The van der Waals surface area contributed by atoms with E-state index in [1.165, 1.54) is 0 Å². The van der Waals surface area contributed by atoms with Gasteiger partial charge < -0.3 is 4.74 Å². The van der Waals surface area contributed by atoms with E-state index < -0.39 is 12.8 Å². The van der Waals surface area contributed by atoms with Gasteiger partial charge in [0.05, 0.1) is 0 Å². The number of hydrogen-bond acceptors (Lipinski definition) is 2. The van der Waals surface area contributed by atoms with Gasteiger partial charge in [0, 0.05) is 6.04 Å². The topological polar surface area (TPSA) is 21.3 Å². The molecule has 0 amide bonds. The summed E-state index contributed by atoms with van der Waals surface area (Å²) < 4.78 is 28.4. The second-order valence-corrected chi connectivity index (χ2v) is 4.90. The van der Waals surface area contributed by atoms with Crippen LogP contribution in [0.15, 0.2) is 0 Å². The zero-order valence-corrected chi connectivity index (χ0v) is 9.02. The molecule has 2 atom stereocenters. The lowest BCUT2D eigenvalue weighted by Gasteiger charge is -2.38. The number of nitrogens with one attached hydrogen (secondary N) is 1. The van der Waals surface area contributed by atoms with Crippen molar-refractivity contribution >= 4 is 0 Å². The Labute approximate surface area is 84.0 Å². The Morgan fingerprint density at radius 1 is 1.29 bits per heavy atom. The van der Waals surface area contributed by atoms with Crippen LogP contribution in [0, 0.1) is 5.41 Å². The fraction of sp³-hybridized carbons (Fsp3) is 1.00.